The number of pyridine rings is 1. The van der Waals surface area contributed by atoms with Crippen LogP contribution in [0.1, 0.15) is 48.4 Å². The van der Waals surface area contributed by atoms with Gasteiger partial charge in [0.1, 0.15) is 17.6 Å². The number of allylic oxidation sites excluding steroid dienone is 1. The Bertz CT molecular complexity index is 1470. The Morgan fingerprint density at radius 3 is 2.74 bits per heavy atom. The van der Waals surface area contributed by atoms with Gasteiger partial charge in [-0.1, -0.05) is 0 Å². The summed E-state index contributed by atoms with van der Waals surface area (Å²) in [7, 11) is 3.31. The standard InChI is InChI=1S/C28H32FN7O2/c1-15-9-20-12-22(25(30)28(37)35(3)4)26(32-13-17-5-6-17)18-10-24(27(31)33-14-18)38-16(2)21-11-19(29)7-8-23(21)36(20)34-15/h7-11,14,16-17H,5-6,12-13,30H2,1-4H3,(H2,31,33)/b25-22-,32-26?/t16-/m1/s1. The van der Waals surface area contributed by atoms with Crippen molar-refractivity contribution in [2.75, 3.05) is 26.4 Å². The Balaban J connectivity index is 1.80. The number of amides is 1. The highest BCUT2D eigenvalue weighted by Crippen LogP contribution is 2.34. The molecule has 1 amide bonds. The molecule has 1 fully saturated rings. The first kappa shape index (κ1) is 25.4. The summed E-state index contributed by atoms with van der Waals surface area (Å²) in [4.78, 5) is 23.9. The molecule has 10 heteroatoms. The molecule has 4 N–H and O–H groups in total. The molecule has 1 atom stereocenters. The van der Waals surface area contributed by atoms with E-state index < -0.39 is 11.9 Å². The number of aromatic nitrogens is 3. The van der Waals surface area contributed by atoms with Gasteiger partial charge in [0.25, 0.3) is 5.91 Å². The maximum atomic E-state index is 14.4. The summed E-state index contributed by atoms with van der Waals surface area (Å²) >= 11 is 0. The van der Waals surface area contributed by atoms with Gasteiger partial charge in [-0.2, -0.15) is 5.10 Å². The number of aryl methyl sites for hydroxylation is 1. The number of likely N-dealkylation sites (N-methyl/N-ethyl adjacent to an activating group) is 1. The van der Waals surface area contributed by atoms with Crippen molar-refractivity contribution in [2.24, 2.45) is 16.6 Å². The first-order valence-corrected chi connectivity index (χ1v) is 12.7. The van der Waals surface area contributed by atoms with Crippen LogP contribution in [0.25, 0.3) is 5.69 Å². The Morgan fingerprint density at radius 1 is 1.26 bits per heavy atom. The zero-order valence-electron chi connectivity index (χ0n) is 22.0. The molecule has 0 unspecified atom stereocenters. The highest BCUT2D eigenvalue weighted by Gasteiger charge is 2.27. The number of hydrogen-bond donors (Lipinski definition) is 2. The largest absolute Gasteiger partial charge is 0.482 e. The molecule has 0 saturated heterocycles. The summed E-state index contributed by atoms with van der Waals surface area (Å²) in [6.07, 6.45) is 3.55. The number of carbonyl (C=O) groups is 1. The number of ether oxygens (including phenoxy) is 1. The minimum Gasteiger partial charge on any atom is -0.482 e. The number of benzene rings is 1. The molecule has 3 heterocycles. The predicted octanol–water partition coefficient (Wildman–Crippen LogP) is 3.49. The van der Waals surface area contributed by atoms with Crippen molar-refractivity contribution < 1.29 is 13.9 Å². The first-order chi connectivity index (χ1) is 18.1. The maximum absolute atomic E-state index is 14.4. The van der Waals surface area contributed by atoms with Crippen molar-refractivity contribution >= 4 is 17.4 Å². The van der Waals surface area contributed by atoms with Gasteiger partial charge in [-0.3, -0.25) is 9.79 Å². The summed E-state index contributed by atoms with van der Waals surface area (Å²) in [6, 6.07) is 8.19. The summed E-state index contributed by atoms with van der Waals surface area (Å²) in [5.41, 5.74) is 17.4. The molecule has 1 saturated carbocycles. The maximum Gasteiger partial charge on any atom is 0.269 e. The van der Waals surface area contributed by atoms with Crippen LogP contribution >= 0.6 is 0 Å². The molecule has 2 aromatic heterocycles. The van der Waals surface area contributed by atoms with E-state index in [1.807, 2.05) is 19.9 Å². The number of rotatable bonds is 3. The lowest BCUT2D eigenvalue weighted by molar-refractivity contribution is -0.124. The molecule has 1 aliphatic carbocycles. The molecule has 9 nitrogen and oxygen atoms in total. The van der Waals surface area contributed by atoms with Crippen molar-refractivity contribution in [3.8, 4) is 11.4 Å². The second-order valence-electron chi connectivity index (χ2n) is 10.2. The van der Waals surface area contributed by atoms with E-state index >= 15 is 0 Å². The van der Waals surface area contributed by atoms with Crippen molar-refractivity contribution in [1.82, 2.24) is 19.7 Å². The summed E-state index contributed by atoms with van der Waals surface area (Å²) in [6.45, 7) is 4.32. The van der Waals surface area contributed by atoms with E-state index in [2.05, 4.69) is 4.98 Å². The fourth-order valence-electron chi connectivity index (χ4n) is 4.60. The van der Waals surface area contributed by atoms with Crippen LogP contribution in [-0.4, -0.2) is 51.9 Å². The third-order valence-corrected chi connectivity index (χ3v) is 6.83. The molecule has 198 valence electrons. The Morgan fingerprint density at radius 2 is 2.03 bits per heavy atom. The number of nitrogens with two attached hydrogens (primary N) is 2. The zero-order chi connectivity index (χ0) is 27.1. The van der Waals surface area contributed by atoms with Gasteiger partial charge < -0.3 is 21.1 Å². The molecule has 2 bridgehead atoms. The molecule has 5 rings (SSSR count). The Hall–Kier alpha value is -4.21. The van der Waals surface area contributed by atoms with Crippen LogP contribution in [0.4, 0.5) is 10.2 Å². The third kappa shape index (κ3) is 4.98. The number of carbonyl (C=O) groups excluding carboxylic acids is 1. The topological polar surface area (TPSA) is 125 Å². The van der Waals surface area contributed by atoms with E-state index in [1.54, 1.807) is 37.1 Å². The third-order valence-electron chi connectivity index (χ3n) is 6.83. The Kier molecular flexibility index (Phi) is 6.64. The summed E-state index contributed by atoms with van der Waals surface area (Å²) in [5, 5.41) is 4.72. The molecule has 0 spiro atoms. The monoisotopic (exact) mass is 517 g/mol. The molecule has 0 radical (unpaired) electrons. The van der Waals surface area contributed by atoms with Crippen molar-refractivity contribution in [1.29, 1.82) is 0 Å². The minimum atomic E-state index is -0.570. The molecular weight excluding hydrogens is 485 g/mol. The Labute approximate surface area is 221 Å². The van der Waals surface area contributed by atoms with Crippen LogP contribution in [0.2, 0.25) is 0 Å². The van der Waals surface area contributed by atoms with Crippen LogP contribution in [0.15, 0.2) is 52.8 Å². The molecule has 1 aromatic carbocycles. The average Bonchev–Trinajstić information content (AvgIpc) is 3.64. The van der Waals surface area contributed by atoms with E-state index in [9.17, 15) is 9.18 Å². The molecular formula is C28H32FN7O2. The number of hydrogen-bond acceptors (Lipinski definition) is 7. The number of halogens is 1. The van der Waals surface area contributed by atoms with Crippen molar-refractivity contribution in [3.63, 3.8) is 0 Å². The summed E-state index contributed by atoms with van der Waals surface area (Å²) in [5.74, 6) is 0.301. The second kappa shape index (κ2) is 9.92. The van der Waals surface area contributed by atoms with Crippen LogP contribution in [-0.2, 0) is 11.2 Å². The van der Waals surface area contributed by atoms with Gasteiger partial charge in [-0.05, 0) is 62.9 Å². The SMILES string of the molecule is Cc1cc2n(n1)-c1ccc(F)cc1[C@@H](C)Oc1cc(cnc1N)C(=NCC1CC1)/C(=C(\N)C(=O)N(C)C)C2. The van der Waals surface area contributed by atoms with Gasteiger partial charge in [0.05, 0.1) is 17.1 Å². The normalized spacial score (nSPS) is 19.5. The second-order valence-corrected chi connectivity index (χ2v) is 10.2. The fraction of sp³-hybridized carbons (Fsp3) is 0.357. The molecule has 38 heavy (non-hydrogen) atoms. The fourth-order valence-corrected chi connectivity index (χ4v) is 4.60. The highest BCUT2D eigenvalue weighted by atomic mass is 19.1. The van der Waals surface area contributed by atoms with Crippen LogP contribution in [0.3, 0.4) is 0 Å². The van der Waals surface area contributed by atoms with E-state index in [1.165, 1.54) is 17.0 Å². The zero-order valence-corrected chi connectivity index (χ0v) is 22.0. The van der Waals surface area contributed by atoms with Crippen LogP contribution in [0.5, 0.6) is 5.75 Å². The predicted molar refractivity (Wildman–Crippen MR) is 144 cm³/mol. The van der Waals surface area contributed by atoms with E-state index in [-0.39, 0.29) is 23.8 Å². The summed E-state index contributed by atoms with van der Waals surface area (Å²) < 4.78 is 22.5. The lowest BCUT2D eigenvalue weighted by Gasteiger charge is -2.23. The van der Waals surface area contributed by atoms with E-state index in [0.29, 0.717) is 46.3 Å². The van der Waals surface area contributed by atoms with Crippen molar-refractivity contribution in [3.05, 3.63) is 76.1 Å². The van der Waals surface area contributed by atoms with E-state index in [0.717, 1.165) is 24.2 Å². The van der Waals surface area contributed by atoms with Crippen LogP contribution < -0.4 is 16.2 Å². The van der Waals surface area contributed by atoms with Gasteiger partial charge in [0.15, 0.2) is 11.6 Å². The number of aliphatic imine (C=N–C) groups is 1. The quantitative estimate of drug-likeness (QED) is 0.513. The molecule has 2 aliphatic rings. The lowest BCUT2D eigenvalue weighted by atomic mass is 9.95. The number of nitrogen functional groups attached to an aromatic ring is 1. The van der Waals surface area contributed by atoms with Gasteiger partial charge >= 0.3 is 0 Å². The van der Waals surface area contributed by atoms with Gasteiger partial charge in [0.2, 0.25) is 0 Å². The number of anilines is 1. The number of fused-ring (bicyclic) bond motifs is 5. The number of nitrogens with zero attached hydrogens (tertiary/aromatic N) is 5. The van der Waals surface area contributed by atoms with Gasteiger partial charge in [0, 0.05) is 55.7 Å². The lowest BCUT2D eigenvalue weighted by Crippen LogP contribution is -2.31. The first-order valence-electron chi connectivity index (χ1n) is 12.7. The smallest absolute Gasteiger partial charge is 0.269 e. The van der Waals surface area contributed by atoms with Gasteiger partial charge in [-0.25, -0.2) is 14.1 Å². The highest BCUT2D eigenvalue weighted by molar-refractivity contribution is 6.16. The van der Waals surface area contributed by atoms with Crippen LogP contribution in [0, 0.1) is 18.7 Å². The average molecular weight is 518 g/mol. The van der Waals surface area contributed by atoms with E-state index in [4.69, 9.17) is 26.3 Å². The minimum absolute atomic E-state index is 0.0824. The molecule has 1 aliphatic heterocycles. The van der Waals surface area contributed by atoms with Gasteiger partial charge in [-0.15, -0.1) is 0 Å². The molecule has 3 aromatic rings. The van der Waals surface area contributed by atoms with Crippen molar-refractivity contribution in [2.45, 2.75) is 39.2 Å².